The lowest BCUT2D eigenvalue weighted by molar-refractivity contribution is -0.161. The third-order valence-corrected chi connectivity index (χ3v) is 7.68. The van der Waals surface area contributed by atoms with Crippen molar-refractivity contribution in [2.45, 2.75) is 51.4 Å². The molecule has 1 aromatic heterocycles. The number of likely N-dealkylation sites (N-methyl/N-ethyl adjacent to an activating group) is 1. The number of anilines is 2. The number of esters is 2. The van der Waals surface area contributed by atoms with E-state index >= 15 is 0 Å². The second-order valence-corrected chi connectivity index (χ2v) is 9.87. The summed E-state index contributed by atoms with van der Waals surface area (Å²) in [5.41, 5.74) is 8.07. The Balaban J connectivity index is 1.73. The van der Waals surface area contributed by atoms with E-state index in [9.17, 15) is 14.4 Å². The van der Waals surface area contributed by atoms with E-state index in [-0.39, 0.29) is 12.0 Å². The number of pyridine rings is 1. The molecule has 1 saturated heterocycles. The average Bonchev–Trinajstić information content (AvgIpc) is 3.19. The molecular formula is C29H35N7O4. The third-order valence-electron chi connectivity index (χ3n) is 7.68. The molecule has 0 spiro atoms. The smallest absolute Gasteiger partial charge is 0.336 e. The van der Waals surface area contributed by atoms with Gasteiger partial charge in [-0.3, -0.25) is 24.8 Å². The average molecular weight is 546 g/mol. The number of amides is 1. The van der Waals surface area contributed by atoms with Crippen molar-refractivity contribution in [1.29, 1.82) is 5.41 Å². The summed E-state index contributed by atoms with van der Waals surface area (Å²) in [5, 5.41) is 11.1. The van der Waals surface area contributed by atoms with Gasteiger partial charge < -0.3 is 20.7 Å². The maximum Gasteiger partial charge on any atom is 0.336 e. The first-order valence-corrected chi connectivity index (χ1v) is 13.1. The lowest BCUT2D eigenvalue weighted by Gasteiger charge is -2.39. The topological polar surface area (TPSA) is 145 Å². The summed E-state index contributed by atoms with van der Waals surface area (Å²) in [5.74, 6) is -0.853. The van der Waals surface area contributed by atoms with Crippen molar-refractivity contribution < 1.29 is 19.1 Å². The number of nitrogens with zero attached hydrogens (tertiary/aromatic N) is 4. The van der Waals surface area contributed by atoms with Crippen LogP contribution in [0.2, 0.25) is 0 Å². The first-order chi connectivity index (χ1) is 19.1. The van der Waals surface area contributed by atoms with Crippen LogP contribution in [0.3, 0.4) is 0 Å². The highest BCUT2D eigenvalue weighted by atomic mass is 16.6. The van der Waals surface area contributed by atoms with Gasteiger partial charge in [-0.2, -0.15) is 0 Å². The van der Waals surface area contributed by atoms with Crippen LogP contribution in [-0.2, 0) is 19.1 Å². The van der Waals surface area contributed by atoms with E-state index < -0.39 is 23.5 Å². The number of carbonyl (C=O) groups excluding carboxylic acids is 3. The van der Waals surface area contributed by atoms with Gasteiger partial charge >= 0.3 is 11.9 Å². The maximum atomic E-state index is 13.1. The zero-order valence-electron chi connectivity index (χ0n) is 23.1. The molecule has 1 aliphatic carbocycles. The molecule has 3 unspecified atom stereocenters. The normalized spacial score (nSPS) is 21.0. The predicted molar refractivity (Wildman–Crippen MR) is 152 cm³/mol. The first kappa shape index (κ1) is 28.5. The van der Waals surface area contributed by atoms with Gasteiger partial charge in [0.05, 0.1) is 5.54 Å². The number of nitrogens with one attached hydrogen (secondary N) is 2. The van der Waals surface area contributed by atoms with Crippen molar-refractivity contribution in [3.05, 3.63) is 77.8 Å². The van der Waals surface area contributed by atoms with Crippen molar-refractivity contribution >= 4 is 35.7 Å². The molecule has 11 nitrogen and oxygen atoms in total. The van der Waals surface area contributed by atoms with Crippen molar-refractivity contribution in [3.63, 3.8) is 0 Å². The number of allylic oxidation sites excluding steroid dienone is 1. The van der Waals surface area contributed by atoms with Gasteiger partial charge in [0, 0.05) is 42.3 Å². The van der Waals surface area contributed by atoms with E-state index in [0.717, 1.165) is 24.2 Å². The minimum Gasteiger partial charge on any atom is -0.392 e. The van der Waals surface area contributed by atoms with Crippen LogP contribution in [0.15, 0.2) is 72.2 Å². The summed E-state index contributed by atoms with van der Waals surface area (Å²) in [4.78, 5) is 46.9. The zero-order chi connectivity index (χ0) is 29.0. The summed E-state index contributed by atoms with van der Waals surface area (Å²) in [6, 6.07) is 11.8. The number of aromatic nitrogens is 1. The van der Waals surface area contributed by atoms with Gasteiger partial charge in [-0.25, -0.2) is 9.78 Å². The molecule has 4 N–H and O–H groups in total. The van der Waals surface area contributed by atoms with Crippen LogP contribution in [0.1, 0.15) is 39.2 Å². The van der Waals surface area contributed by atoms with Gasteiger partial charge in [0.15, 0.2) is 0 Å². The Kier molecular flexibility index (Phi) is 8.34. The fourth-order valence-electron chi connectivity index (χ4n) is 5.49. The number of fused-ring (bicyclic) bond motifs is 1. The summed E-state index contributed by atoms with van der Waals surface area (Å²) in [6.45, 7) is 5.44. The van der Waals surface area contributed by atoms with E-state index in [2.05, 4.69) is 22.1 Å². The largest absolute Gasteiger partial charge is 0.392 e. The Bertz CT molecular complexity index is 1340. The lowest BCUT2D eigenvalue weighted by atomic mass is 9.83. The highest BCUT2D eigenvalue weighted by Crippen LogP contribution is 2.47. The van der Waals surface area contributed by atoms with Gasteiger partial charge in [0.1, 0.15) is 23.9 Å². The molecule has 4 rings (SSSR count). The number of ether oxygens (including phenoxy) is 1. The SMILES string of the molecule is CCC12CC=C(N(C=O)c3ccccn3)C=C1N(C(C)C(=O)OC(C)=O)C(CNc1ccc(C(=N)N)cc1)N2C. The van der Waals surface area contributed by atoms with Crippen molar-refractivity contribution in [2.24, 2.45) is 5.73 Å². The highest BCUT2D eigenvalue weighted by molar-refractivity contribution is 5.95. The van der Waals surface area contributed by atoms with Crippen molar-refractivity contribution in [1.82, 2.24) is 14.8 Å². The summed E-state index contributed by atoms with van der Waals surface area (Å²) < 4.78 is 5.01. The number of nitrogen functional groups attached to an aromatic ring is 1. The molecule has 210 valence electrons. The molecule has 2 aromatic rings. The molecule has 1 aromatic carbocycles. The molecule has 1 amide bonds. The molecule has 0 radical (unpaired) electrons. The van der Waals surface area contributed by atoms with Gasteiger partial charge in [-0.1, -0.05) is 19.1 Å². The molecule has 1 fully saturated rings. The molecular weight excluding hydrogens is 510 g/mol. The molecule has 3 atom stereocenters. The van der Waals surface area contributed by atoms with Gasteiger partial charge in [-0.05, 0) is 69.3 Å². The molecule has 11 heteroatoms. The number of nitrogens with two attached hydrogens (primary N) is 1. The fourth-order valence-corrected chi connectivity index (χ4v) is 5.49. The van der Waals surface area contributed by atoms with Crippen molar-refractivity contribution in [2.75, 3.05) is 23.8 Å². The van der Waals surface area contributed by atoms with Crippen LogP contribution >= 0.6 is 0 Å². The second kappa shape index (κ2) is 11.7. The molecule has 2 heterocycles. The standard InChI is InChI=1S/C29H35N7O4/c1-5-29-14-13-23(35(18-37)25-8-6-7-15-32-25)16-24(29)36(19(2)28(39)40-20(3)38)26(34(29)4)17-33-22-11-9-21(10-12-22)27(30)31/h6-13,15-16,18-19,26,33H,5,14,17H2,1-4H3,(H3,30,31). The van der Waals surface area contributed by atoms with Crippen LogP contribution in [0.25, 0.3) is 0 Å². The van der Waals surface area contributed by atoms with E-state index in [1.807, 2.05) is 42.3 Å². The number of hydrogen-bond donors (Lipinski definition) is 3. The Morgan fingerprint density at radius 1 is 1.30 bits per heavy atom. The third kappa shape index (κ3) is 5.32. The van der Waals surface area contributed by atoms with Crippen LogP contribution in [0, 0.1) is 5.41 Å². The first-order valence-electron chi connectivity index (χ1n) is 13.1. The Morgan fingerprint density at radius 3 is 2.60 bits per heavy atom. The van der Waals surface area contributed by atoms with Crippen LogP contribution < -0.4 is 16.0 Å². The van der Waals surface area contributed by atoms with E-state index in [0.29, 0.717) is 30.0 Å². The fraction of sp³-hybridized carbons (Fsp3) is 0.345. The molecule has 40 heavy (non-hydrogen) atoms. The second-order valence-electron chi connectivity index (χ2n) is 9.87. The summed E-state index contributed by atoms with van der Waals surface area (Å²) in [6.07, 6.45) is 7.31. The highest BCUT2D eigenvalue weighted by Gasteiger charge is 2.54. The van der Waals surface area contributed by atoms with Crippen LogP contribution in [-0.4, -0.2) is 70.3 Å². The minimum atomic E-state index is -0.795. The van der Waals surface area contributed by atoms with Crippen molar-refractivity contribution in [3.8, 4) is 0 Å². The number of amidine groups is 1. The molecule has 0 saturated carbocycles. The maximum absolute atomic E-state index is 13.1. The van der Waals surface area contributed by atoms with Gasteiger partial charge in [-0.15, -0.1) is 0 Å². The minimum absolute atomic E-state index is 0.00895. The van der Waals surface area contributed by atoms with Gasteiger partial charge in [0.2, 0.25) is 6.41 Å². The summed E-state index contributed by atoms with van der Waals surface area (Å²) in [7, 11) is 2.01. The predicted octanol–water partition coefficient (Wildman–Crippen LogP) is 2.81. The Hall–Kier alpha value is -4.51. The molecule has 0 bridgehead atoms. The van der Waals surface area contributed by atoms with E-state index in [1.165, 1.54) is 11.8 Å². The van der Waals surface area contributed by atoms with Crippen LogP contribution in [0.5, 0.6) is 0 Å². The number of rotatable bonds is 10. The number of hydrogen-bond acceptors (Lipinski definition) is 9. The van der Waals surface area contributed by atoms with E-state index in [1.54, 1.807) is 37.4 Å². The monoisotopic (exact) mass is 545 g/mol. The molecule has 2 aliphatic rings. The zero-order valence-corrected chi connectivity index (χ0v) is 23.1. The lowest BCUT2D eigenvalue weighted by Crippen LogP contribution is -2.50. The quantitative estimate of drug-likeness (QED) is 0.135. The Labute approximate surface area is 233 Å². The molecule has 1 aliphatic heterocycles. The number of carbonyl (C=O) groups is 3. The van der Waals surface area contributed by atoms with Gasteiger partial charge in [0.25, 0.3) is 0 Å². The van der Waals surface area contributed by atoms with E-state index in [4.69, 9.17) is 15.9 Å². The summed E-state index contributed by atoms with van der Waals surface area (Å²) >= 11 is 0. The number of benzene rings is 1. The van der Waals surface area contributed by atoms with Crippen LogP contribution in [0.4, 0.5) is 11.5 Å². The Morgan fingerprint density at radius 2 is 2.02 bits per heavy atom.